The zero-order valence-electron chi connectivity index (χ0n) is 16.1. The molecule has 0 aliphatic heterocycles. The molecule has 1 atom stereocenters. The number of imidazole rings is 1. The lowest BCUT2D eigenvalue weighted by Crippen LogP contribution is -2.31. The third-order valence-corrected chi connectivity index (χ3v) is 4.53. The second-order valence-electron chi connectivity index (χ2n) is 6.43. The maximum atomic E-state index is 12.9. The monoisotopic (exact) mass is 388 g/mol. The Morgan fingerprint density at radius 3 is 2.69 bits per heavy atom. The van der Waals surface area contributed by atoms with Gasteiger partial charge in [0.25, 0.3) is 5.91 Å². The van der Waals surface area contributed by atoms with E-state index in [1.807, 2.05) is 72.4 Å². The summed E-state index contributed by atoms with van der Waals surface area (Å²) in [6, 6.07) is 16.5. The van der Waals surface area contributed by atoms with Crippen molar-refractivity contribution in [3.8, 4) is 11.4 Å². The smallest absolute Gasteiger partial charge is 0.274 e. The SMILES string of the molecule is COc1cccc(C(NC(=O)c2cnn(-c3ccccc3)n2)c2nccn2C)c1. The van der Waals surface area contributed by atoms with Crippen LogP contribution in [0.1, 0.15) is 27.9 Å². The Bertz CT molecular complexity index is 1120. The van der Waals surface area contributed by atoms with E-state index in [4.69, 9.17) is 4.74 Å². The molecule has 4 rings (SSSR count). The fourth-order valence-corrected chi connectivity index (χ4v) is 3.03. The van der Waals surface area contributed by atoms with E-state index in [1.165, 1.54) is 11.0 Å². The first-order chi connectivity index (χ1) is 14.2. The summed E-state index contributed by atoms with van der Waals surface area (Å²) < 4.78 is 7.20. The summed E-state index contributed by atoms with van der Waals surface area (Å²) in [4.78, 5) is 18.8. The van der Waals surface area contributed by atoms with Crippen molar-refractivity contribution in [2.24, 2.45) is 7.05 Å². The van der Waals surface area contributed by atoms with Gasteiger partial charge in [-0.1, -0.05) is 30.3 Å². The van der Waals surface area contributed by atoms with Gasteiger partial charge in [-0.25, -0.2) is 4.98 Å². The summed E-state index contributed by atoms with van der Waals surface area (Å²) in [6.07, 6.45) is 4.98. The number of ether oxygens (including phenoxy) is 1. The maximum absolute atomic E-state index is 12.9. The molecular weight excluding hydrogens is 368 g/mol. The highest BCUT2D eigenvalue weighted by Crippen LogP contribution is 2.24. The Morgan fingerprint density at radius 1 is 1.14 bits per heavy atom. The highest BCUT2D eigenvalue weighted by molar-refractivity contribution is 5.92. The van der Waals surface area contributed by atoms with Gasteiger partial charge in [0.2, 0.25) is 0 Å². The van der Waals surface area contributed by atoms with E-state index in [9.17, 15) is 4.79 Å². The van der Waals surface area contributed by atoms with E-state index < -0.39 is 6.04 Å². The van der Waals surface area contributed by atoms with Crippen LogP contribution in [0.2, 0.25) is 0 Å². The quantitative estimate of drug-likeness (QED) is 0.548. The van der Waals surface area contributed by atoms with Crippen molar-refractivity contribution >= 4 is 5.91 Å². The summed E-state index contributed by atoms with van der Waals surface area (Å²) in [5, 5.41) is 11.5. The molecule has 2 heterocycles. The Labute approximate surface area is 167 Å². The molecule has 0 saturated carbocycles. The molecule has 0 spiro atoms. The van der Waals surface area contributed by atoms with E-state index in [2.05, 4.69) is 20.5 Å². The molecule has 2 aromatic carbocycles. The molecule has 1 unspecified atom stereocenters. The number of para-hydroxylation sites is 1. The van der Waals surface area contributed by atoms with Crippen LogP contribution in [-0.4, -0.2) is 37.6 Å². The van der Waals surface area contributed by atoms with E-state index in [0.717, 1.165) is 11.3 Å². The summed E-state index contributed by atoms with van der Waals surface area (Å²) in [5.74, 6) is 1.05. The molecule has 146 valence electrons. The van der Waals surface area contributed by atoms with E-state index in [0.29, 0.717) is 11.6 Å². The minimum atomic E-state index is -0.473. The van der Waals surface area contributed by atoms with Crippen molar-refractivity contribution in [3.63, 3.8) is 0 Å². The van der Waals surface area contributed by atoms with Crippen molar-refractivity contribution in [2.75, 3.05) is 7.11 Å². The molecule has 0 bridgehead atoms. The summed E-state index contributed by atoms with van der Waals surface area (Å²) in [6.45, 7) is 0. The van der Waals surface area contributed by atoms with Gasteiger partial charge in [0.15, 0.2) is 5.69 Å². The number of amides is 1. The van der Waals surface area contributed by atoms with Gasteiger partial charge in [-0.05, 0) is 29.8 Å². The number of aryl methyl sites for hydroxylation is 1. The lowest BCUT2D eigenvalue weighted by atomic mass is 10.1. The van der Waals surface area contributed by atoms with Gasteiger partial charge in [-0.2, -0.15) is 9.90 Å². The molecule has 0 radical (unpaired) electrons. The number of methoxy groups -OCH3 is 1. The average molecular weight is 388 g/mol. The first-order valence-corrected chi connectivity index (χ1v) is 9.05. The van der Waals surface area contributed by atoms with E-state index >= 15 is 0 Å². The van der Waals surface area contributed by atoms with Gasteiger partial charge in [0, 0.05) is 19.4 Å². The number of nitrogens with zero attached hydrogens (tertiary/aromatic N) is 5. The highest BCUT2D eigenvalue weighted by atomic mass is 16.5. The fourth-order valence-electron chi connectivity index (χ4n) is 3.03. The molecule has 4 aromatic rings. The average Bonchev–Trinajstić information content (AvgIpc) is 3.42. The van der Waals surface area contributed by atoms with Crippen LogP contribution in [0.5, 0.6) is 5.75 Å². The van der Waals surface area contributed by atoms with Gasteiger partial charge in [0.05, 0.1) is 19.0 Å². The largest absolute Gasteiger partial charge is 0.497 e. The molecule has 0 aliphatic carbocycles. The van der Waals surface area contributed by atoms with Crippen LogP contribution >= 0.6 is 0 Å². The van der Waals surface area contributed by atoms with Crippen LogP contribution in [0.15, 0.2) is 73.2 Å². The summed E-state index contributed by atoms with van der Waals surface area (Å²) >= 11 is 0. The normalized spacial score (nSPS) is 11.8. The van der Waals surface area contributed by atoms with Crippen LogP contribution in [0, 0.1) is 0 Å². The first-order valence-electron chi connectivity index (χ1n) is 9.05. The number of aromatic nitrogens is 5. The molecular formula is C21H20N6O2. The van der Waals surface area contributed by atoms with Crippen LogP contribution in [0.3, 0.4) is 0 Å². The zero-order valence-corrected chi connectivity index (χ0v) is 16.1. The van der Waals surface area contributed by atoms with Crippen LogP contribution in [0.4, 0.5) is 0 Å². The third-order valence-electron chi connectivity index (χ3n) is 4.53. The third kappa shape index (κ3) is 3.86. The molecule has 8 nitrogen and oxygen atoms in total. The molecule has 2 aromatic heterocycles. The number of nitrogens with one attached hydrogen (secondary N) is 1. The van der Waals surface area contributed by atoms with E-state index in [1.54, 1.807) is 13.3 Å². The lowest BCUT2D eigenvalue weighted by Gasteiger charge is -2.19. The van der Waals surface area contributed by atoms with Crippen molar-refractivity contribution in [2.45, 2.75) is 6.04 Å². The number of rotatable bonds is 6. The topological polar surface area (TPSA) is 86.9 Å². The Hall–Kier alpha value is -3.94. The number of hydrogen-bond donors (Lipinski definition) is 1. The highest BCUT2D eigenvalue weighted by Gasteiger charge is 2.23. The standard InChI is InChI=1S/C21H20N6O2/c1-26-12-11-22-20(26)19(15-7-6-10-17(13-15)29-2)24-21(28)18-14-23-27(25-18)16-8-4-3-5-9-16/h3-14,19H,1-2H3,(H,24,28). The Kier molecular flexibility index (Phi) is 5.07. The van der Waals surface area contributed by atoms with E-state index in [-0.39, 0.29) is 11.6 Å². The minimum absolute atomic E-state index is 0.218. The Morgan fingerprint density at radius 2 is 1.97 bits per heavy atom. The second-order valence-corrected chi connectivity index (χ2v) is 6.43. The first kappa shape index (κ1) is 18.4. The van der Waals surface area contributed by atoms with Crippen LogP contribution in [0.25, 0.3) is 5.69 Å². The number of carbonyl (C=O) groups is 1. The van der Waals surface area contributed by atoms with Crippen LogP contribution < -0.4 is 10.1 Å². The lowest BCUT2D eigenvalue weighted by molar-refractivity contribution is 0.0935. The molecule has 1 amide bonds. The van der Waals surface area contributed by atoms with Gasteiger partial charge < -0.3 is 14.6 Å². The molecule has 0 saturated heterocycles. The number of carbonyl (C=O) groups excluding carboxylic acids is 1. The zero-order chi connectivity index (χ0) is 20.2. The van der Waals surface area contributed by atoms with Gasteiger partial charge in [0.1, 0.15) is 17.6 Å². The minimum Gasteiger partial charge on any atom is -0.497 e. The molecule has 29 heavy (non-hydrogen) atoms. The predicted molar refractivity (Wildman–Crippen MR) is 107 cm³/mol. The summed E-state index contributed by atoms with van der Waals surface area (Å²) in [5.41, 5.74) is 1.85. The Balaban J connectivity index is 1.63. The summed E-state index contributed by atoms with van der Waals surface area (Å²) in [7, 11) is 3.49. The van der Waals surface area contributed by atoms with Crippen molar-refractivity contribution in [1.82, 2.24) is 29.9 Å². The second kappa shape index (κ2) is 7.97. The molecule has 0 aliphatic rings. The van der Waals surface area contributed by atoms with Crippen molar-refractivity contribution in [1.29, 1.82) is 0 Å². The van der Waals surface area contributed by atoms with Gasteiger partial charge in [-0.15, -0.1) is 5.10 Å². The number of hydrogen-bond acceptors (Lipinski definition) is 5. The van der Waals surface area contributed by atoms with Gasteiger partial charge >= 0.3 is 0 Å². The molecule has 0 fully saturated rings. The molecule has 8 heteroatoms. The van der Waals surface area contributed by atoms with Gasteiger partial charge in [-0.3, -0.25) is 4.79 Å². The predicted octanol–water partition coefficient (Wildman–Crippen LogP) is 2.53. The fraction of sp³-hybridized carbons (Fsp3) is 0.143. The maximum Gasteiger partial charge on any atom is 0.274 e. The molecule has 1 N–H and O–H groups in total. The van der Waals surface area contributed by atoms with Crippen molar-refractivity contribution < 1.29 is 9.53 Å². The number of benzene rings is 2. The van der Waals surface area contributed by atoms with Crippen molar-refractivity contribution in [3.05, 3.63) is 90.3 Å². The van der Waals surface area contributed by atoms with Crippen LogP contribution in [-0.2, 0) is 7.05 Å².